The Labute approximate surface area is 55.9 Å². The van der Waals surface area contributed by atoms with Gasteiger partial charge in [0.05, 0.1) is 0 Å². The van der Waals surface area contributed by atoms with E-state index in [1.807, 2.05) is 6.92 Å². The van der Waals surface area contributed by atoms with Gasteiger partial charge in [-0.2, -0.15) is 0 Å². The average Bonchev–Trinajstić information content (AvgIpc) is 1.68. The molecule has 50 valence electrons. The zero-order valence-corrected chi connectivity index (χ0v) is 5.82. The summed E-state index contributed by atoms with van der Waals surface area (Å²) in [7, 11) is 0. The molecule has 3 N–H and O–H groups in total. The third-order valence-corrected chi connectivity index (χ3v) is 0.852. The smallest absolute Gasteiger partial charge is 0.177 e. The first-order valence-corrected chi connectivity index (χ1v) is 2.59. The Morgan fingerprint density at radius 2 is 2.25 bits per heavy atom. The van der Waals surface area contributed by atoms with Crippen molar-refractivity contribution in [2.45, 2.75) is 25.8 Å². The van der Waals surface area contributed by atoms with E-state index in [1.165, 1.54) is 0 Å². The molecule has 0 fully saturated rings. The van der Waals surface area contributed by atoms with Crippen molar-refractivity contribution in [2.75, 3.05) is 0 Å². The van der Waals surface area contributed by atoms with Gasteiger partial charge in [0, 0.05) is 6.42 Å². The van der Waals surface area contributed by atoms with E-state index in [4.69, 9.17) is 0 Å². The number of hydrogen-bond acceptors (Lipinski definition) is 1. The highest BCUT2D eigenvalue weighted by molar-refractivity contribution is 5.54. The molecule has 0 spiro atoms. The molecule has 1 unspecified atom stereocenters. The molecule has 1 atom stereocenters. The molecule has 0 heterocycles. The van der Waals surface area contributed by atoms with E-state index in [1.54, 1.807) is 0 Å². The first-order chi connectivity index (χ1) is 3.31. The van der Waals surface area contributed by atoms with Crippen molar-refractivity contribution in [1.82, 2.24) is 0 Å². The normalized spacial score (nSPS) is 11.8. The Morgan fingerprint density at radius 3 is 2.38 bits per heavy atom. The van der Waals surface area contributed by atoms with Crippen LogP contribution in [0.15, 0.2) is 0 Å². The van der Waals surface area contributed by atoms with Crippen LogP contribution < -0.4 is 18.1 Å². The fourth-order valence-electron chi connectivity index (χ4n) is 0.439. The van der Waals surface area contributed by atoms with Gasteiger partial charge in [0.25, 0.3) is 0 Å². The van der Waals surface area contributed by atoms with Gasteiger partial charge in [-0.05, 0) is 0 Å². The van der Waals surface area contributed by atoms with Crippen molar-refractivity contribution in [3.8, 4) is 0 Å². The second kappa shape index (κ2) is 6.92. The van der Waals surface area contributed by atoms with Gasteiger partial charge in [-0.25, -0.2) is 0 Å². The van der Waals surface area contributed by atoms with E-state index in [9.17, 15) is 4.79 Å². The number of halogens is 1. The predicted molar refractivity (Wildman–Crippen MR) is 27.6 cm³/mol. The summed E-state index contributed by atoms with van der Waals surface area (Å²) >= 11 is 0. The molecule has 0 aliphatic heterocycles. The van der Waals surface area contributed by atoms with Gasteiger partial charge >= 0.3 is 0 Å². The molecule has 0 bridgehead atoms. The molecule has 0 aromatic rings. The maximum Gasteiger partial charge on any atom is 0.177 e. The van der Waals surface area contributed by atoms with E-state index >= 15 is 0 Å². The number of carbonyl (C=O) groups excluding carboxylic acids is 1. The minimum Gasteiger partial charge on any atom is -1.00 e. The maximum atomic E-state index is 9.83. The standard InChI is InChI=1S/C5H11NO.ClH/c1-2-3-5(6)4-7;/h4-5H,2-3,6H2,1H3;1H. The Hall–Kier alpha value is -0.0800. The monoisotopic (exact) mass is 137 g/mol. The first kappa shape index (κ1) is 10.8. The average molecular weight is 138 g/mol. The summed E-state index contributed by atoms with van der Waals surface area (Å²) in [5, 5.41) is 0. The van der Waals surface area contributed by atoms with Crippen LogP contribution in [-0.4, -0.2) is 12.3 Å². The fourth-order valence-corrected chi connectivity index (χ4v) is 0.439. The summed E-state index contributed by atoms with van der Waals surface area (Å²) in [4.78, 5) is 9.83. The second-order valence-corrected chi connectivity index (χ2v) is 1.68. The predicted octanol–water partition coefficient (Wildman–Crippen LogP) is -3.40. The highest BCUT2D eigenvalue weighted by Crippen LogP contribution is 1.85. The molecular weight excluding hydrogens is 126 g/mol. The molecule has 0 aliphatic rings. The lowest BCUT2D eigenvalue weighted by molar-refractivity contribution is -0.401. The van der Waals surface area contributed by atoms with Crippen LogP contribution in [0.4, 0.5) is 0 Å². The molecule has 0 saturated carbocycles. The van der Waals surface area contributed by atoms with Gasteiger partial charge in [-0.1, -0.05) is 13.3 Å². The molecule has 0 aliphatic carbocycles. The second-order valence-electron chi connectivity index (χ2n) is 1.68. The molecule has 0 aromatic heterocycles. The van der Waals surface area contributed by atoms with Crippen LogP contribution >= 0.6 is 0 Å². The number of carbonyl (C=O) groups is 1. The maximum absolute atomic E-state index is 9.83. The summed E-state index contributed by atoms with van der Waals surface area (Å²) in [6, 6.07) is 0.0185. The van der Waals surface area contributed by atoms with E-state index in [-0.39, 0.29) is 18.4 Å². The van der Waals surface area contributed by atoms with Crippen molar-refractivity contribution >= 4 is 6.29 Å². The molecule has 3 heteroatoms. The van der Waals surface area contributed by atoms with Crippen molar-refractivity contribution in [1.29, 1.82) is 0 Å². The van der Waals surface area contributed by atoms with Gasteiger partial charge in [-0.15, -0.1) is 0 Å². The van der Waals surface area contributed by atoms with Gasteiger partial charge in [0.2, 0.25) is 0 Å². The zero-order valence-electron chi connectivity index (χ0n) is 5.06. The Bertz CT molecular complexity index is 58.4. The Kier molecular flexibility index (Phi) is 9.36. The lowest BCUT2D eigenvalue weighted by Crippen LogP contribution is -3.00. The van der Waals surface area contributed by atoms with Crippen LogP contribution in [0.1, 0.15) is 19.8 Å². The van der Waals surface area contributed by atoms with E-state index < -0.39 is 0 Å². The van der Waals surface area contributed by atoms with Gasteiger partial charge in [0.15, 0.2) is 6.29 Å². The highest BCUT2D eigenvalue weighted by atomic mass is 35.5. The summed E-state index contributed by atoms with van der Waals surface area (Å²) in [5.41, 5.74) is 3.58. The van der Waals surface area contributed by atoms with E-state index in [2.05, 4.69) is 5.73 Å². The first-order valence-electron chi connectivity index (χ1n) is 2.59. The topological polar surface area (TPSA) is 44.7 Å². The Morgan fingerprint density at radius 1 is 1.75 bits per heavy atom. The molecule has 0 amide bonds. The van der Waals surface area contributed by atoms with Crippen LogP contribution in [0, 0.1) is 0 Å². The quantitative estimate of drug-likeness (QED) is 0.405. The molecule has 0 aromatic carbocycles. The number of rotatable bonds is 3. The third kappa shape index (κ3) is 5.92. The summed E-state index contributed by atoms with van der Waals surface area (Å²) in [6.45, 7) is 2.04. The van der Waals surface area contributed by atoms with E-state index in [0.29, 0.717) is 0 Å². The molecular formula is C5H12ClNO. The Balaban J connectivity index is 0. The van der Waals surface area contributed by atoms with Crippen LogP contribution in [-0.2, 0) is 4.79 Å². The van der Waals surface area contributed by atoms with Gasteiger partial charge in [0.1, 0.15) is 6.04 Å². The summed E-state index contributed by atoms with van der Waals surface area (Å²) < 4.78 is 0. The lowest BCUT2D eigenvalue weighted by atomic mass is 10.2. The largest absolute Gasteiger partial charge is 1.00 e. The summed E-state index contributed by atoms with van der Waals surface area (Å²) in [5.74, 6) is 0. The van der Waals surface area contributed by atoms with Crippen LogP contribution in [0.25, 0.3) is 0 Å². The molecule has 2 nitrogen and oxygen atoms in total. The van der Waals surface area contributed by atoms with Gasteiger partial charge in [-0.3, -0.25) is 4.79 Å². The molecule has 0 radical (unpaired) electrons. The van der Waals surface area contributed by atoms with Crippen molar-refractivity contribution in [2.24, 2.45) is 0 Å². The lowest BCUT2D eigenvalue weighted by Gasteiger charge is -1.91. The fraction of sp³-hybridized carbons (Fsp3) is 0.800. The van der Waals surface area contributed by atoms with Crippen molar-refractivity contribution in [3.05, 3.63) is 0 Å². The molecule has 0 saturated heterocycles. The SMILES string of the molecule is CCCC([NH3+])C=O.[Cl-]. The zero-order chi connectivity index (χ0) is 5.70. The van der Waals surface area contributed by atoms with Crippen LogP contribution in [0.3, 0.4) is 0 Å². The van der Waals surface area contributed by atoms with E-state index in [0.717, 1.165) is 19.1 Å². The minimum atomic E-state index is 0. The van der Waals surface area contributed by atoms with Crippen molar-refractivity contribution < 1.29 is 22.9 Å². The van der Waals surface area contributed by atoms with Gasteiger partial charge < -0.3 is 18.1 Å². The number of hydrogen-bond donors (Lipinski definition) is 1. The molecule has 0 rings (SSSR count). The number of aldehydes is 1. The van der Waals surface area contributed by atoms with Crippen molar-refractivity contribution in [3.63, 3.8) is 0 Å². The minimum absolute atomic E-state index is 0. The number of quaternary nitrogens is 1. The summed E-state index contributed by atoms with van der Waals surface area (Å²) in [6.07, 6.45) is 2.86. The van der Waals surface area contributed by atoms with Crippen LogP contribution in [0.5, 0.6) is 0 Å². The highest BCUT2D eigenvalue weighted by Gasteiger charge is 1.97. The molecule has 8 heavy (non-hydrogen) atoms. The van der Waals surface area contributed by atoms with Crippen LogP contribution in [0.2, 0.25) is 0 Å². The third-order valence-electron chi connectivity index (χ3n) is 0.852.